The van der Waals surface area contributed by atoms with E-state index in [9.17, 15) is 22.4 Å². The molecule has 8 nitrogen and oxygen atoms in total. The Morgan fingerprint density at radius 3 is 2.52 bits per heavy atom. The number of carbonyl (C=O) groups excluding carboxylic acids is 1. The van der Waals surface area contributed by atoms with Crippen molar-refractivity contribution in [3.05, 3.63) is 90.0 Å². The number of thiocarbonyl (C=S) groups is 1. The van der Waals surface area contributed by atoms with Crippen molar-refractivity contribution >= 4 is 45.9 Å². The van der Waals surface area contributed by atoms with Crippen molar-refractivity contribution in [1.82, 2.24) is 20.1 Å². The lowest BCUT2D eigenvalue weighted by Crippen LogP contribution is -2.32. The molecule has 2 heterocycles. The summed E-state index contributed by atoms with van der Waals surface area (Å²) in [6.45, 7) is 4.38. The van der Waals surface area contributed by atoms with Gasteiger partial charge in [-0.15, -0.1) is 18.3 Å². The number of nitrogens with one attached hydrogen (secondary N) is 1. The molecule has 1 fully saturated rings. The summed E-state index contributed by atoms with van der Waals surface area (Å²) in [6, 6.07) is 17.3. The first-order valence-electron chi connectivity index (χ1n) is 13.5. The van der Waals surface area contributed by atoms with Crippen LogP contribution in [0.1, 0.15) is 30.9 Å². The van der Waals surface area contributed by atoms with Crippen LogP contribution in [0.25, 0.3) is 17.1 Å². The van der Waals surface area contributed by atoms with Crippen molar-refractivity contribution in [2.24, 2.45) is 4.99 Å². The van der Waals surface area contributed by atoms with Crippen LogP contribution in [-0.2, 0) is 11.2 Å². The monoisotopic (exact) mass is 642 g/mol. The number of aromatic nitrogens is 3. The summed E-state index contributed by atoms with van der Waals surface area (Å²) in [4.78, 5) is 23.0. The molecule has 0 atom stereocenters. The molecule has 228 valence electrons. The minimum Gasteiger partial charge on any atom is -0.406 e. The number of aliphatic imine (C=N–C) groups is 1. The molecular weight excluding hydrogens is 616 g/mol. The third kappa shape index (κ3) is 7.61. The van der Waals surface area contributed by atoms with Gasteiger partial charge in [0, 0.05) is 12.1 Å². The average Bonchev–Trinajstić information content (AvgIpc) is 3.60. The molecule has 1 aliphatic rings. The molecular formula is C30H26F4N6O2S2. The summed E-state index contributed by atoms with van der Waals surface area (Å²) in [7, 11) is 0. The zero-order valence-electron chi connectivity index (χ0n) is 23.5. The summed E-state index contributed by atoms with van der Waals surface area (Å²) >= 11 is 6.71. The van der Waals surface area contributed by atoms with E-state index in [0.29, 0.717) is 40.9 Å². The maximum atomic E-state index is 13.9. The standard InChI is InChI=1S/C30H26F4N6O2S2/c1-18(2)24-15-21(31)7-12-25(24)40-26(41)16-44-29(40)37-28(43)35-14-13-19-3-5-20(6-4-19)27-36-17-39(38-27)22-8-10-23(11-9-22)42-30(32,33)34/h3-12,15,17-18H,13-14,16H2,1-2H3,(H,35,43)/b37-29-. The predicted octanol–water partition coefficient (Wildman–Crippen LogP) is 6.65. The molecule has 1 aliphatic heterocycles. The van der Waals surface area contributed by atoms with E-state index < -0.39 is 6.36 Å². The number of benzene rings is 3. The molecule has 5 rings (SSSR count). The number of rotatable bonds is 8. The molecule has 0 radical (unpaired) electrons. The van der Waals surface area contributed by atoms with Crippen LogP contribution in [0.4, 0.5) is 23.2 Å². The summed E-state index contributed by atoms with van der Waals surface area (Å²) in [5.41, 5.74) is 3.64. The van der Waals surface area contributed by atoms with Crippen LogP contribution in [0, 0.1) is 5.82 Å². The van der Waals surface area contributed by atoms with Gasteiger partial charge in [-0.1, -0.05) is 49.9 Å². The van der Waals surface area contributed by atoms with Crippen LogP contribution in [0.2, 0.25) is 0 Å². The molecule has 1 N–H and O–H groups in total. The molecule has 1 saturated heterocycles. The van der Waals surface area contributed by atoms with E-state index in [1.54, 1.807) is 6.07 Å². The van der Waals surface area contributed by atoms with E-state index in [0.717, 1.165) is 11.1 Å². The van der Waals surface area contributed by atoms with Crippen molar-refractivity contribution in [3.63, 3.8) is 0 Å². The van der Waals surface area contributed by atoms with Crippen LogP contribution in [-0.4, -0.2) is 49.6 Å². The summed E-state index contributed by atoms with van der Waals surface area (Å²) < 4.78 is 56.4. The number of thioether (sulfide) groups is 1. The minimum atomic E-state index is -4.76. The number of hydrogen-bond acceptors (Lipinski definition) is 6. The Kier molecular flexibility index (Phi) is 9.30. The highest BCUT2D eigenvalue weighted by molar-refractivity contribution is 8.15. The summed E-state index contributed by atoms with van der Waals surface area (Å²) in [5, 5.41) is 8.22. The molecule has 0 unspecified atom stereocenters. The maximum Gasteiger partial charge on any atom is 0.573 e. The number of alkyl halides is 3. The van der Waals surface area contributed by atoms with Crippen molar-refractivity contribution < 1.29 is 27.1 Å². The van der Waals surface area contributed by atoms with Crippen LogP contribution >= 0.6 is 24.0 Å². The van der Waals surface area contributed by atoms with Gasteiger partial charge in [-0.2, -0.15) is 4.99 Å². The van der Waals surface area contributed by atoms with E-state index in [4.69, 9.17) is 12.2 Å². The zero-order valence-corrected chi connectivity index (χ0v) is 25.1. The third-order valence-corrected chi connectivity index (χ3v) is 7.70. The SMILES string of the molecule is CC(C)c1cc(F)ccc1N1C(=O)CS/C1=N\C(=S)NCCc1ccc(-c2ncn(-c3ccc(OC(F)(F)F)cc3)n2)cc1. The van der Waals surface area contributed by atoms with E-state index in [-0.39, 0.29) is 34.3 Å². The lowest BCUT2D eigenvalue weighted by atomic mass is 10.0. The Labute approximate surface area is 260 Å². The van der Waals surface area contributed by atoms with Crippen LogP contribution < -0.4 is 15.0 Å². The van der Waals surface area contributed by atoms with Crippen molar-refractivity contribution in [2.75, 3.05) is 17.2 Å². The molecule has 0 aliphatic carbocycles. The largest absolute Gasteiger partial charge is 0.573 e. The Hall–Kier alpha value is -4.30. The zero-order chi connectivity index (χ0) is 31.4. The minimum absolute atomic E-state index is 0.00538. The number of amidine groups is 1. The quantitative estimate of drug-likeness (QED) is 0.170. The lowest BCUT2D eigenvalue weighted by molar-refractivity contribution is -0.274. The van der Waals surface area contributed by atoms with Gasteiger partial charge in [0.2, 0.25) is 5.91 Å². The molecule has 0 spiro atoms. The van der Waals surface area contributed by atoms with Crippen LogP contribution in [0.5, 0.6) is 5.75 Å². The number of halogens is 4. The van der Waals surface area contributed by atoms with Crippen molar-refractivity contribution in [3.8, 4) is 22.8 Å². The fourth-order valence-electron chi connectivity index (χ4n) is 4.45. The topological polar surface area (TPSA) is 84.6 Å². The number of carbonyl (C=O) groups is 1. The maximum absolute atomic E-state index is 13.9. The Morgan fingerprint density at radius 2 is 1.84 bits per heavy atom. The number of anilines is 1. The molecule has 3 aromatic carbocycles. The lowest BCUT2D eigenvalue weighted by Gasteiger charge is -2.21. The average molecular weight is 643 g/mol. The van der Waals surface area contributed by atoms with Gasteiger partial charge in [0.25, 0.3) is 0 Å². The van der Waals surface area contributed by atoms with Crippen molar-refractivity contribution in [1.29, 1.82) is 0 Å². The molecule has 44 heavy (non-hydrogen) atoms. The van der Waals surface area contributed by atoms with Gasteiger partial charge in [0.15, 0.2) is 16.1 Å². The predicted molar refractivity (Wildman–Crippen MR) is 166 cm³/mol. The fourth-order valence-corrected chi connectivity index (χ4v) is 5.57. The fraction of sp³-hybridized carbons (Fsp3) is 0.233. The molecule has 14 heteroatoms. The van der Waals surface area contributed by atoms with Crippen LogP contribution in [0.15, 0.2) is 78.0 Å². The molecule has 1 aromatic heterocycles. The second-order valence-electron chi connectivity index (χ2n) is 10.0. The van der Waals surface area contributed by atoms with E-state index in [2.05, 4.69) is 25.1 Å². The first-order chi connectivity index (χ1) is 21.0. The second-order valence-corrected chi connectivity index (χ2v) is 11.3. The summed E-state index contributed by atoms with van der Waals surface area (Å²) in [5.74, 6) is -0.141. The van der Waals surface area contributed by atoms with Gasteiger partial charge in [-0.25, -0.2) is 14.1 Å². The van der Waals surface area contributed by atoms with Gasteiger partial charge in [-0.05, 0) is 78.1 Å². The number of amides is 1. The molecule has 0 saturated carbocycles. The Morgan fingerprint density at radius 1 is 1.11 bits per heavy atom. The molecule has 0 bridgehead atoms. The van der Waals surface area contributed by atoms with Gasteiger partial charge in [-0.3, -0.25) is 9.69 Å². The normalized spacial score (nSPS) is 14.5. The highest BCUT2D eigenvalue weighted by Crippen LogP contribution is 2.34. The second kappa shape index (κ2) is 13.1. The summed E-state index contributed by atoms with van der Waals surface area (Å²) in [6.07, 6.45) is -2.64. The van der Waals surface area contributed by atoms with Gasteiger partial charge in [0.05, 0.1) is 17.1 Å². The highest BCUT2D eigenvalue weighted by atomic mass is 32.2. The number of hydrogen-bond donors (Lipinski definition) is 1. The molecule has 4 aromatic rings. The van der Waals surface area contributed by atoms with Crippen molar-refractivity contribution in [2.45, 2.75) is 32.5 Å². The van der Waals surface area contributed by atoms with E-state index >= 15 is 0 Å². The van der Waals surface area contributed by atoms with Crippen LogP contribution in [0.3, 0.4) is 0 Å². The number of nitrogens with zero attached hydrogens (tertiary/aromatic N) is 5. The van der Waals surface area contributed by atoms with Gasteiger partial charge in [0.1, 0.15) is 17.9 Å². The van der Waals surface area contributed by atoms with E-state index in [1.165, 1.54) is 64.1 Å². The Bertz CT molecular complexity index is 1690. The highest BCUT2D eigenvalue weighted by Gasteiger charge is 2.32. The van der Waals surface area contributed by atoms with E-state index in [1.807, 2.05) is 38.1 Å². The molecule has 1 amide bonds. The smallest absolute Gasteiger partial charge is 0.406 e. The first kappa shape index (κ1) is 31.1. The van der Waals surface area contributed by atoms with Gasteiger partial charge >= 0.3 is 6.36 Å². The Balaban J connectivity index is 1.17. The number of ether oxygens (including phenoxy) is 1. The first-order valence-corrected chi connectivity index (χ1v) is 14.8. The van der Waals surface area contributed by atoms with Gasteiger partial charge < -0.3 is 10.1 Å². The third-order valence-electron chi connectivity index (χ3n) is 6.54.